The molecule has 1 aromatic carbocycles. The number of amides is 1. The van der Waals surface area contributed by atoms with Crippen LogP contribution in [0, 0.1) is 11.8 Å². The second-order valence-corrected chi connectivity index (χ2v) is 14.3. The van der Waals surface area contributed by atoms with E-state index in [0.29, 0.717) is 57.7 Å². The van der Waals surface area contributed by atoms with Crippen molar-refractivity contribution in [1.29, 1.82) is 0 Å². The Morgan fingerprint density at radius 3 is 2.48 bits per heavy atom. The number of nitrogens with zero attached hydrogens (tertiary/aromatic N) is 3. The van der Waals surface area contributed by atoms with Gasteiger partial charge in [0, 0.05) is 58.3 Å². The number of likely N-dealkylation sites (N-methyl/N-ethyl adjacent to an activating group) is 1. The molecular weight excluding hydrogens is 584 g/mol. The number of piperazine rings is 2. The summed E-state index contributed by atoms with van der Waals surface area (Å²) in [5.41, 5.74) is 1.39. The highest BCUT2D eigenvalue weighted by Gasteiger charge is 2.30. The maximum atomic E-state index is 13.3. The Balaban J connectivity index is 1.56. The summed E-state index contributed by atoms with van der Waals surface area (Å²) in [6.07, 6.45) is 3.99. The van der Waals surface area contributed by atoms with Gasteiger partial charge in [0.1, 0.15) is 12.2 Å². The average Bonchev–Trinajstić information content (AvgIpc) is 3.00. The van der Waals surface area contributed by atoms with Crippen molar-refractivity contribution < 1.29 is 32.6 Å². The molecule has 2 fully saturated rings. The highest BCUT2D eigenvalue weighted by molar-refractivity contribution is 7.89. The lowest BCUT2D eigenvalue weighted by Gasteiger charge is -2.33. The van der Waals surface area contributed by atoms with Crippen LogP contribution in [0.25, 0.3) is 6.08 Å². The minimum absolute atomic E-state index is 0.0737. The Morgan fingerprint density at radius 2 is 1.77 bits per heavy atom. The minimum atomic E-state index is -3.64. The molecule has 0 spiro atoms. The number of sulfonamides is 1. The third-order valence-electron chi connectivity index (χ3n) is 8.67. The van der Waals surface area contributed by atoms with Gasteiger partial charge in [-0.15, -0.1) is 0 Å². The fourth-order valence-electron chi connectivity index (χ4n) is 5.77. The first-order valence-corrected chi connectivity index (χ1v) is 17.1. The van der Waals surface area contributed by atoms with Crippen LogP contribution in [-0.2, 0) is 24.3 Å². The molecule has 44 heavy (non-hydrogen) atoms. The molecule has 3 aliphatic heterocycles. The van der Waals surface area contributed by atoms with Gasteiger partial charge >= 0.3 is 12.1 Å². The van der Waals surface area contributed by atoms with Crippen LogP contribution in [0.15, 0.2) is 46.9 Å². The van der Waals surface area contributed by atoms with Gasteiger partial charge in [-0.25, -0.2) is 13.2 Å². The Kier molecular flexibility index (Phi) is 12.0. The molecule has 11 nitrogen and oxygen atoms in total. The van der Waals surface area contributed by atoms with E-state index in [4.69, 9.17) is 9.47 Å². The topological polar surface area (TPSA) is 129 Å². The van der Waals surface area contributed by atoms with E-state index < -0.39 is 34.3 Å². The Morgan fingerprint density at radius 1 is 1.07 bits per heavy atom. The number of hydrogen-bond acceptors (Lipinski definition) is 9. The van der Waals surface area contributed by atoms with Crippen molar-refractivity contribution in [3.05, 3.63) is 47.6 Å². The summed E-state index contributed by atoms with van der Waals surface area (Å²) in [6.45, 7) is 10.6. The van der Waals surface area contributed by atoms with E-state index in [-0.39, 0.29) is 29.2 Å². The standard InChI is InChI=1S/C32H48N4O7S/c1-23-8-10-27(37)22-30(38)43-31(24(2)9-11-29(23)42-32(39)35-18-16-34(4)17-19-35)25(3)20-26-6-5-7-28(21-26)44(40,41)36-14-12-33-13-15-36/h5-7,9,11,20-21,23-24,27,29,31,33,37H,8,10,12-19,22H2,1-4H3/b11-9+,25-20+/t23-,24-,27+,29+,31-/m0/s1. The lowest BCUT2D eigenvalue weighted by Crippen LogP contribution is -2.48. The van der Waals surface area contributed by atoms with Crippen molar-refractivity contribution in [2.75, 3.05) is 59.4 Å². The number of benzene rings is 1. The molecule has 0 aliphatic carbocycles. The van der Waals surface area contributed by atoms with E-state index in [2.05, 4.69) is 10.2 Å². The molecule has 1 aromatic rings. The fraction of sp³-hybridized carbons (Fsp3) is 0.625. The number of carbonyl (C=O) groups is 2. The smallest absolute Gasteiger partial charge is 0.410 e. The highest BCUT2D eigenvalue weighted by Crippen LogP contribution is 2.27. The number of esters is 1. The first-order valence-electron chi connectivity index (χ1n) is 15.6. The van der Waals surface area contributed by atoms with Gasteiger partial charge in [-0.1, -0.05) is 38.1 Å². The van der Waals surface area contributed by atoms with Gasteiger partial charge < -0.3 is 29.7 Å². The molecule has 4 rings (SSSR count). The number of hydrogen-bond donors (Lipinski definition) is 2. The van der Waals surface area contributed by atoms with Gasteiger partial charge in [0.25, 0.3) is 0 Å². The zero-order valence-electron chi connectivity index (χ0n) is 26.4. The van der Waals surface area contributed by atoms with Crippen LogP contribution in [0.1, 0.15) is 45.6 Å². The predicted octanol–water partition coefficient (Wildman–Crippen LogP) is 2.72. The van der Waals surface area contributed by atoms with E-state index in [0.717, 1.165) is 18.7 Å². The fourth-order valence-corrected chi connectivity index (χ4v) is 7.27. The molecule has 12 heteroatoms. The average molecular weight is 633 g/mol. The molecule has 244 valence electrons. The summed E-state index contributed by atoms with van der Waals surface area (Å²) in [7, 11) is -1.61. The molecule has 0 bridgehead atoms. The molecule has 1 amide bonds. The molecule has 0 aromatic heterocycles. The number of rotatable bonds is 5. The second-order valence-electron chi connectivity index (χ2n) is 12.3. The number of aliphatic hydroxyl groups excluding tert-OH is 1. The molecular formula is C32H48N4O7S. The van der Waals surface area contributed by atoms with Gasteiger partial charge in [-0.2, -0.15) is 4.31 Å². The van der Waals surface area contributed by atoms with E-state index in [1.165, 1.54) is 4.31 Å². The molecule has 2 N–H and O–H groups in total. The molecule has 5 atom stereocenters. The lowest BCUT2D eigenvalue weighted by atomic mass is 9.91. The number of ether oxygens (including phenoxy) is 2. The van der Waals surface area contributed by atoms with Crippen molar-refractivity contribution in [1.82, 2.24) is 19.4 Å². The molecule has 0 saturated carbocycles. The van der Waals surface area contributed by atoms with Crippen LogP contribution >= 0.6 is 0 Å². The van der Waals surface area contributed by atoms with Crippen molar-refractivity contribution in [3.8, 4) is 0 Å². The molecule has 0 unspecified atom stereocenters. The SMILES string of the molecule is C/C(=C\c1cccc(S(=O)(=O)N2CCNCC2)c1)[C@H]1OC(=O)C[C@H](O)CC[C@H](C)[C@H](OC(=O)N2CCN(C)CC2)/C=C/[C@@H]1C. The summed E-state index contributed by atoms with van der Waals surface area (Å²) >= 11 is 0. The maximum Gasteiger partial charge on any atom is 0.410 e. The molecule has 3 aliphatic rings. The van der Waals surface area contributed by atoms with Gasteiger partial charge in [-0.3, -0.25) is 4.79 Å². The molecule has 0 radical (unpaired) electrons. The molecule has 3 heterocycles. The normalized spacial score (nSPS) is 29.7. The third kappa shape index (κ3) is 9.13. The monoisotopic (exact) mass is 632 g/mol. The Labute approximate surface area is 261 Å². The van der Waals surface area contributed by atoms with E-state index in [1.807, 2.05) is 52.1 Å². The molecule has 2 saturated heterocycles. The summed E-state index contributed by atoms with van der Waals surface area (Å²) in [6, 6.07) is 6.76. The predicted molar refractivity (Wildman–Crippen MR) is 168 cm³/mol. The van der Waals surface area contributed by atoms with E-state index in [9.17, 15) is 23.1 Å². The number of cyclic esters (lactones) is 1. The van der Waals surface area contributed by atoms with Crippen LogP contribution in [0.5, 0.6) is 0 Å². The zero-order chi connectivity index (χ0) is 31.9. The van der Waals surface area contributed by atoms with Crippen molar-refractivity contribution in [2.24, 2.45) is 11.8 Å². The summed E-state index contributed by atoms with van der Waals surface area (Å²) in [5.74, 6) is -0.871. The summed E-state index contributed by atoms with van der Waals surface area (Å²) in [5, 5.41) is 13.8. The Bertz CT molecular complexity index is 1300. The quantitative estimate of drug-likeness (QED) is 0.372. The summed E-state index contributed by atoms with van der Waals surface area (Å²) in [4.78, 5) is 30.0. The summed E-state index contributed by atoms with van der Waals surface area (Å²) < 4.78 is 39.9. The van der Waals surface area contributed by atoms with Crippen LogP contribution < -0.4 is 5.32 Å². The van der Waals surface area contributed by atoms with Crippen LogP contribution in [-0.4, -0.2) is 117 Å². The number of aliphatic hydroxyl groups is 1. The van der Waals surface area contributed by atoms with Crippen LogP contribution in [0.3, 0.4) is 0 Å². The van der Waals surface area contributed by atoms with E-state index >= 15 is 0 Å². The number of nitrogens with one attached hydrogen (secondary N) is 1. The first-order chi connectivity index (χ1) is 20.9. The minimum Gasteiger partial charge on any atom is -0.457 e. The van der Waals surface area contributed by atoms with Crippen molar-refractivity contribution in [3.63, 3.8) is 0 Å². The van der Waals surface area contributed by atoms with Gasteiger partial charge in [0.15, 0.2) is 0 Å². The zero-order valence-corrected chi connectivity index (χ0v) is 27.2. The maximum absolute atomic E-state index is 13.3. The van der Waals surface area contributed by atoms with Crippen LogP contribution in [0.2, 0.25) is 0 Å². The third-order valence-corrected chi connectivity index (χ3v) is 10.6. The largest absolute Gasteiger partial charge is 0.457 e. The lowest BCUT2D eigenvalue weighted by molar-refractivity contribution is -0.151. The first kappa shape index (κ1) is 34.1. The second kappa shape index (κ2) is 15.5. The van der Waals surface area contributed by atoms with E-state index in [1.54, 1.807) is 23.1 Å². The van der Waals surface area contributed by atoms with Crippen LogP contribution in [0.4, 0.5) is 4.79 Å². The van der Waals surface area contributed by atoms with Crippen molar-refractivity contribution >= 4 is 28.2 Å². The Hall–Kier alpha value is -2.77. The number of carbonyl (C=O) groups excluding carboxylic acids is 2. The van der Waals surface area contributed by atoms with Gasteiger partial charge in [-0.05, 0) is 62.1 Å². The van der Waals surface area contributed by atoms with Crippen molar-refractivity contribution in [2.45, 2.75) is 63.2 Å². The van der Waals surface area contributed by atoms with Gasteiger partial charge in [0.2, 0.25) is 10.0 Å². The highest BCUT2D eigenvalue weighted by atomic mass is 32.2. The van der Waals surface area contributed by atoms with Gasteiger partial charge in [0.05, 0.1) is 17.4 Å².